The molecule has 3 amide bonds. The van der Waals surface area contributed by atoms with Crippen molar-refractivity contribution in [1.29, 1.82) is 0 Å². The van der Waals surface area contributed by atoms with Gasteiger partial charge in [0.05, 0.1) is 12.0 Å². The minimum Gasteiger partial charge on any atom is -0.453 e. The van der Waals surface area contributed by atoms with Crippen molar-refractivity contribution in [3.8, 4) is 11.8 Å². The molecule has 2 N–H and O–H groups in total. The van der Waals surface area contributed by atoms with Crippen LogP contribution in [0.25, 0.3) is 0 Å². The summed E-state index contributed by atoms with van der Waals surface area (Å²) in [6, 6.07) is 13.7. The smallest absolute Gasteiger partial charge is 0.407 e. The van der Waals surface area contributed by atoms with Crippen LogP contribution in [0.3, 0.4) is 0 Å². The van der Waals surface area contributed by atoms with Crippen molar-refractivity contribution in [1.82, 2.24) is 20.4 Å². The van der Waals surface area contributed by atoms with Gasteiger partial charge in [0.15, 0.2) is 9.84 Å². The topological polar surface area (TPSA) is 128 Å². The van der Waals surface area contributed by atoms with Crippen molar-refractivity contribution >= 4 is 33.4 Å². The number of ether oxygens (including phenoxy) is 1. The molecule has 2 aromatic rings. The molecule has 11 nitrogen and oxygen atoms in total. The minimum atomic E-state index is -3.53. The highest BCUT2D eigenvalue weighted by atomic mass is 32.2. The quantitative estimate of drug-likeness (QED) is 0.336. The number of sulfone groups is 1. The van der Waals surface area contributed by atoms with E-state index in [0.29, 0.717) is 12.5 Å². The van der Waals surface area contributed by atoms with Gasteiger partial charge in [-0.25, -0.2) is 17.6 Å². The van der Waals surface area contributed by atoms with E-state index >= 15 is 0 Å². The summed E-state index contributed by atoms with van der Waals surface area (Å²) in [6.45, 7) is 8.24. The van der Waals surface area contributed by atoms with Crippen molar-refractivity contribution in [2.75, 3.05) is 64.4 Å². The van der Waals surface area contributed by atoms with E-state index in [9.17, 15) is 27.2 Å². The zero-order chi connectivity index (χ0) is 37.0. The first-order valence-electron chi connectivity index (χ1n) is 18.3. The third kappa shape index (κ3) is 7.78. The number of likely N-dealkylation sites (tertiary alicyclic amines) is 2. The number of hydrogen-bond acceptors (Lipinski definition) is 8. The Kier molecular flexibility index (Phi) is 11.5. The standard InChI is InChI=1S/C39H50FN5O6S/c1-4-7-37(47)45-24-34(25-45)52(49,50)33-14-12-32(13-15-33)44-22-28(23-44)21-43-18-16-29(17-19-43)39(26-41-27(2)46,30-8-5-9-31(40)20-30)35-10-6-11-36(35)42-38(48)51-3/h5,8-9,12-15,20,28-29,34-36H,6,10-11,16-19,21-26H2,1-3H3,(H,41,46)(H,42,48)/t35-,36-,39-/m0/s1. The number of benzene rings is 2. The van der Waals surface area contributed by atoms with E-state index in [1.165, 1.54) is 25.0 Å². The van der Waals surface area contributed by atoms with Crippen molar-refractivity contribution in [3.63, 3.8) is 0 Å². The Balaban J connectivity index is 1.07. The molecule has 0 radical (unpaired) electrons. The number of anilines is 1. The number of piperidine rings is 1. The molecule has 52 heavy (non-hydrogen) atoms. The SMILES string of the molecule is CC#CC(=O)N1CC(S(=O)(=O)c2ccc(N3CC(CN4CCC([C@@](CNC(C)=O)(c5cccc(F)c5)[C@H]5CCC[C@@H]5NC(=O)OC)CC4)C3)cc2)C1. The second-order valence-electron chi connectivity index (χ2n) is 14.8. The molecule has 3 heterocycles. The Morgan fingerprint density at radius 3 is 2.35 bits per heavy atom. The minimum absolute atomic E-state index is 0.00775. The normalized spacial score (nSPS) is 22.7. The third-order valence-corrected chi connectivity index (χ3v) is 13.9. The molecule has 3 atom stereocenters. The fourth-order valence-electron chi connectivity index (χ4n) is 9.06. The molecular formula is C39H50FN5O6S. The maximum Gasteiger partial charge on any atom is 0.407 e. The van der Waals surface area contributed by atoms with Crippen molar-refractivity contribution in [2.24, 2.45) is 17.8 Å². The molecule has 0 spiro atoms. The average Bonchev–Trinajstić information content (AvgIpc) is 3.54. The first-order valence-corrected chi connectivity index (χ1v) is 19.9. The van der Waals surface area contributed by atoms with Gasteiger partial charge in [0.25, 0.3) is 5.91 Å². The molecule has 0 unspecified atom stereocenters. The Bertz CT molecular complexity index is 1790. The second-order valence-corrected chi connectivity index (χ2v) is 17.1. The Labute approximate surface area is 306 Å². The lowest BCUT2D eigenvalue weighted by molar-refractivity contribution is -0.128. The number of halogens is 1. The molecule has 3 saturated heterocycles. The number of hydrogen-bond donors (Lipinski definition) is 2. The molecule has 3 aliphatic heterocycles. The van der Waals surface area contributed by atoms with Gasteiger partial charge in [-0.1, -0.05) is 24.5 Å². The van der Waals surface area contributed by atoms with E-state index < -0.39 is 26.6 Å². The van der Waals surface area contributed by atoms with E-state index in [4.69, 9.17) is 4.74 Å². The summed E-state index contributed by atoms with van der Waals surface area (Å²) in [5.74, 6) is 4.84. The maximum absolute atomic E-state index is 14.9. The number of methoxy groups -OCH3 is 1. The predicted octanol–water partition coefficient (Wildman–Crippen LogP) is 3.58. The summed E-state index contributed by atoms with van der Waals surface area (Å²) < 4.78 is 46.1. The fourth-order valence-corrected chi connectivity index (χ4v) is 10.7. The molecule has 0 aromatic heterocycles. The monoisotopic (exact) mass is 735 g/mol. The molecule has 1 saturated carbocycles. The van der Waals surface area contributed by atoms with Crippen molar-refractivity contribution < 1.29 is 31.9 Å². The summed E-state index contributed by atoms with van der Waals surface area (Å²) in [7, 11) is -2.18. The molecule has 280 valence electrons. The number of nitrogens with zero attached hydrogens (tertiary/aromatic N) is 3. The number of rotatable bonds is 11. The molecule has 13 heteroatoms. The largest absolute Gasteiger partial charge is 0.453 e. The number of carbonyl (C=O) groups excluding carboxylic acids is 3. The van der Waals surface area contributed by atoms with Crippen LogP contribution in [0.4, 0.5) is 14.9 Å². The van der Waals surface area contributed by atoms with Crippen molar-refractivity contribution in [2.45, 2.75) is 67.6 Å². The highest BCUT2D eigenvalue weighted by Gasteiger charge is 2.52. The summed E-state index contributed by atoms with van der Waals surface area (Å²) in [6.07, 6.45) is 3.84. The molecular weight excluding hydrogens is 686 g/mol. The zero-order valence-electron chi connectivity index (χ0n) is 30.3. The first-order chi connectivity index (χ1) is 24.9. The average molecular weight is 736 g/mol. The molecule has 6 rings (SSSR count). The van der Waals surface area contributed by atoms with E-state index in [0.717, 1.165) is 76.1 Å². The maximum atomic E-state index is 14.9. The van der Waals surface area contributed by atoms with Crippen LogP contribution < -0.4 is 15.5 Å². The lowest BCUT2D eigenvalue weighted by Gasteiger charge is -2.51. The summed E-state index contributed by atoms with van der Waals surface area (Å²) in [5, 5.41) is 5.56. The van der Waals surface area contributed by atoms with Gasteiger partial charge in [0, 0.05) is 69.3 Å². The Hall–Kier alpha value is -4.15. The highest BCUT2D eigenvalue weighted by Crippen LogP contribution is 2.50. The van der Waals surface area contributed by atoms with Crippen LogP contribution in [0.15, 0.2) is 53.4 Å². The van der Waals surface area contributed by atoms with Gasteiger partial charge in [-0.15, -0.1) is 0 Å². The van der Waals surface area contributed by atoms with Crippen LogP contribution in [-0.2, 0) is 29.6 Å². The third-order valence-electron chi connectivity index (χ3n) is 11.8. The van der Waals surface area contributed by atoms with Crippen LogP contribution in [0, 0.1) is 35.4 Å². The number of amides is 3. The van der Waals surface area contributed by atoms with Crippen LogP contribution >= 0.6 is 0 Å². The van der Waals surface area contributed by atoms with Gasteiger partial charge in [-0.2, -0.15) is 0 Å². The summed E-state index contributed by atoms with van der Waals surface area (Å²) in [5.41, 5.74) is 1.28. The van der Waals surface area contributed by atoms with Gasteiger partial charge in [0.1, 0.15) is 11.1 Å². The molecule has 4 aliphatic rings. The van der Waals surface area contributed by atoms with Crippen LogP contribution in [0.2, 0.25) is 0 Å². The number of nitrogens with one attached hydrogen (secondary N) is 2. The van der Waals surface area contributed by atoms with E-state index in [-0.39, 0.29) is 53.5 Å². The Morgan fingerprint density at radius 2 is 1.71 bits per heavy atom. The lowest BCUT2D eigenvalue weighted by atomic mass is 9.58. The number of carbonyl (C=O) groups is 3. The molecule has 0 bridgehead atoms. The number of alkyl carbamates (subject to hydrolysis) is 1. The van der Waals surface area contributed by atoms with E-state index in [1.54, 1.807) is 31.2 Å². The van der Waals surface area contributed by atoms with E-state index in [1.807, 2.05) is 18.2 Å². The second kappa shape index (κ2) is 15.8. The first kappa shape index (κ1) is 37.6. The fraction of sp³-hybridized carbons (Fsp3) is 0.564. The van der Waals surface area contributed by atoms with E-state index in [2.05, 4.69) is 32.3 Å². The van der Waals surface area contributed by atoms with Crippen LogP contribution in [-0.4, -0.2) is 107 Å². The molecule has 1 aliphatic carbocycles. The van der Waals surface area contributed by atoms with Gasteiger partial charge < -0.3 is 30.1 Å². The van der Waals surface area contributed by atoms with Gasteiger partial charge in [-0.3, -0.25) is 9.59 Å². The summed E-state index contributed by atoms with van der Waals surface area (Å²) in [4.78, 5) is 43.2. The molecule has 2 aromatic carbocycles. The summed E-state index contributed by atoms with van der Waals surface area (Å²) >= 11 is 0. The van der Waals surface area contributed by atoms with Gasteiger partial charge in [0.2, 0.25) is 5.91 Å². The van der Waals surface area contributed by atoms with Crippen molar-refractivity contribution in [3.05, 3.63) is 59.9 Å². The zero-order valence-corrected chi connectivity index (χ0v) is 31.1. The highest BCUT2D eigenvalue weighted by molar-refractivity contribution is 7.92. The predicted molar refractivity (Wildman–Crippen MR) is 196 cm³/mol. The van der Waals surface area contributed by atoms with Crippen LogP contribution in [0.5, 0.6) is 0 Å². The van der Waals surface area contributed by atoms with Gasteiger partial charge in [-0.05, 0) is 105 Å². The lowest BCUT2D eigenvalue weighted by Crippen LogP contribution is -2.58. The Morgan fingerprint density at radius 1 is 1.00 bits per heavy atom. The molecule has 4 fully saturated rings. The van der Waals surface area contributed by atoms with Gasteiger partial charge >= 0.3 is 6.09 Å². The van der Waals surface area contributed by atoms with Crippen LogP contribution in [0.1, 0.15) is 51.5 Å².